The number of thioether (sulfide) groups is 1. The molecule has 0 aliphatic heterocycles. The minimum atomic E-state index is -0.909. The van der Waals surface area contributed by atoms with Crippen molar-refractivity contribution in [2.75, 3.05) is 11.5 Å². The number of anilines is 1. The summed E-state index contributed by atoms with van der Waals surface area (Å²) in [5, 5.41) is 15.8. The molecule has 0 fully saturated rings. The Morgan fingerprint density at radius 3 is 2.50 bits per heavy atom. The Hall–Kier alpha value is -3.99. The molecule has 0 spiro atoms. The van der Waals surface area contributed by atoms with Crippen molar-refractivity contribution in [3.05, 3.63) is 53.1 Å². The van der Waals surface area contributed by atoms with E-state index in [0.717, 1.165) is 22.5 Å². The normalized spacial score (nSPS) is 11.1. The average molecular weight is 426 g/mol. The predicted octanol–water partition coefficient (Wildman–Crippen LogP) is 0.896. The Bertz CT molecular complexity index is 1190. The monoisotopic (exact) mass is 426 g/mol. The van der Waals surface area contributed by atoms with Crippen LogP contribution in [-0.4, -0.2) is 39.8 Å². The molecule has 0 bridgehead atoms. The maximum absolute atomic E-state index is 12.1. The van der Waals surface area contributed by atoms with Gasteiger partial charge in [0.2, 0.25) is 5.91 Å². The van der Waals surface area contributed by atoms with Crippen LogP contribution in [0.15, 0.2) is 46.5 Å². The minimum absolute atomic E-state index is 0.0213. The van der Waals surface area contributed by atoms with Crippen molar-refractivity contribution < 1.29 is 19.5 Å². The lowest BCUT2D eigenvalue weighted by molar-refractivity contribution is -0.118. The van der Waals surface area contributed by atoms with Crippen LogP contribution in [-0.2, 0) is 4.79 Å². The number of aromatic hydroxyl groups is 1. The molecule has 0 unspecified atom stereocenters. The van der Waals surface area contributed by atoms with Gasteiger partial charge in [0.25, 0.3) is 11.8 Å². The number of nitrogens with two attached hydrogens (primary N) is 3. The molecule has 30 heavy (non-hydrogen) atoms. The molecule has 10 nitrogen and oxygen atoms in total. The van der Waals surface area contributed by atoms with E-state index in [1.54, 1.807) is 12.1 Å². The van der Waals surface area contributed by atoms with E-state index in [4.69, 9.17) is 17.2 Å². The van der Waals surface area contributed by atoms with Gasteiger partial charge in [-0.25, -0.2) is 5.43 Å². The fourth-order valence-corrected chi connectivity index (χ4v) is 3.72. The summed E-state index contributed by atoms with van der Waals surface area (Å²) in [6, 6.07) is 10.7. The second kappa shape index (κ2) is 8.57. The van der Waals surface area contributed by atoms with Crippen LogP contribution in [0.1, 0.15) is 26.3 Å². The number of benzene rings is 2. The number of amides is 3. The Kier molecular flexibility index (Phi) is 5.93. The third-order valence-electron chi connectivity index (χ3n) is 4.17. The number of rotatable bonds is 7. The number of H-pyrrole nitrogens is 1. The van der Waals surface area contributed by atoms with Gasteiger partial charge in [-0.05, 0) is 16.8 Å². The molecule has 11 heteroatoms. The second-order valence-corrected chi connectivity index (χ2v) is 7.13. The van der Waals surface area contributed by atoms with Crippen LogP contribution in [0.4, 0.5) is 5.82 Å². The van der Waals surface area contributed by atoms with Crippen LogP contribution in [0.2, 0.25) is 0 Å². The number of hydrazone groups is 1. The largest absolute Gasteiger partial charge is 0.507 e. The third kappa shape index (κ3) is 4.20. The predicted molar refractivity (Wildman–Crippen MR) is 114 cm³/mol. The molecule has 0 saturated heterocycles. The summed E-state index contributed by atoms with van der Waals surface area (Å²) in [6.45, 7) is 0. The lowest BCUT2D eigenvalue weighted by Crippen LogP contribution is -2.21. The van der Waals surface area contributed by atoms with Crippen LogP contribution < -0.4 is 22.6 Å². The Morgan fingerprint density at radius 2 is 1.80 bits per heavy atom. The van der Waals surface area contributed by atoms with E-state index in [-0.39, 0.29) is 33.5 Å². The van der Waals surface area contributed by atoms with E-state index in [1.165, 1.54) is 6.21 Å². The highest BCUT2D eigenvalue weighted by Gasteiger charge is 2.24. The molecule has 154 valence electrons. The van der Waals surface area contributed by atoms with Crippen LogP contribution in [0.3, 0.4) is 0 Å². The van der Waals surface area contributed by atoms with E-state index in [2.05, 4.69) is 15.5 Å². The van der Waals surface area contributed by atoms with E-state index in [9.17, 15) is 19.5 Å². The number of aromatic nitrogens is 1. The molecule has 0 radical (unpaired) electrons. The van der Waals surface area contributed by atoms with Gasteiger partial charge in [0.05, 0.1) is 28.1 Å². The number of carbonyl (C=O) groups excluding carboxylic acids is 3. The van der Waals surface area contributed by atoms with Crippen LogP contribution in [0.25, 0.3) is 10.8 Å². The van der Waals surface area contributed by atoms with Crippen molar-refractivity contribution in [2.45, 2.75) is 5.03 Å². The van der Waals surface area contributed by atoms with Gasteiger partial charge in [0.15, 0.2) is 0 Å². The molecule has 0 saturated carbocycles. The van der Waals surface area contributed by atoms with Crippen molar-refractivity contribution in [2.24, 2.45) is 16.6 Å². The zero-order chi connectivity index (χ0) is 21.8. The number of carbonyl (C=O) groups is 3. The number of primary amides is 2. The standard InChI is InChI=1S/C19H18N6O4S/c20-16-14(17(21)28)15(18(22)29)19(24-16)30-8-13(27)25-23-7-11-10-4-2-1-3-9(10)5-6-12(11)26/h1-7,24,26H,8,20H2,(H2,21,28)(H2,22,29)(H,25,27)/b23-7+. The van der Waals surface area contributed by atoms with Crippen molar-refractivity contribution in [3.63, 3.8) is 0 Å². The maximum atomic E-state index is 12.1. The zero-order valence-corrected chi connectivity index (χ0v) is 16.3. The first kappa shape index (κ1) is 20.7. The summed E-state index contributed by atoms with van der Waals surface area (Å²) in [5.41, 5.74) is 18.6. The first-order chi connectivity index (χ1) is 14.3. The summed E-state index contributed by atoms with van der Waals surface area (Å²) >= 11 is 0.908. The number of hydrogen-bond acceptors (Lipinski definition) is 7. The smallest absolute Gasteiger partial charge is 0.253 e. The lowest BCUT2D eigenvalue weighted by Gasteiger charge is -2.05. The Labute approximate surface area is 174 Å². The number of fused-ring (bicyclic) bond motifs is 1. The molecule has 3 aromatic rings. The molecular formula is C19H18N6O4S. The van der Waals surface area contributed by atoms with Gasteiger partial charge < -0.3 is 27.3 Å². The first-order valence-electron chi connectivity index (χ1n) is 8.56. The molecule has 2 aromatic carbocycles. The third-order valence-corrected chi connectivity index (χ3v) is 5.17. The topological polar surface area (TPSA) is 190 Å². The highest BCUT2D eigenvalue weighted by Crippen LogP contribution is 2.29. The molecule has 3 amide bonds. The molecule has 0 aliphatic carbocycles. The van der Waals surface area contributed by atoms with Crippen molar-refractivity contribution >= 4 is 52.3 Å². The minimum Gasteiger partial charge on any atom is -0.507 e. The first-order valence-corrected chi connectivity index (χ1v) is 9.54. The molecule has 1 aromatic heterocycles. The van der Waals surface area contributed by atoms with Gasteiger partial charge in [-0.1, -0.05) is 42.1 Å². The number of phenolic OH excluding ortho intramolecular Hbond substituents is 1. The summed E-state index contributed by atoms with van der Waals surface area (Å²) in [6.07, 6.45) is 1.34. The average Bonchev–Trinajstić information content (AvgIpc) is 3.04. The number of hydrogen-bond donors (Lipinski definition) is 6. The van der Waals surface area contributed by atoms with Gasteiger partial charge in [0.1, 0.15) is 11.6 Å². The van der Waals surface area contributed by atoms with E-state index < -0.39 is 17.7 Å². The number of phenols is 1. The quantitative estimate of drug-likeness (QED) is 0.185. The van der Waals surface area contributed by atoms with Gasteiger partial charge in [0, 0.05) is 5.56 Å². The SMILES string of the molecule is NC(=O)c1c(N)[nH]c(SCC(=O)N/N=C/c2c(O)ccc3ccccc23)c1C(N)=O. The van der Waals surface area contributed by atoms with E-state index >= 15 is 0 Å². The molecule has 3 rings (SSSR count). The van der Waals surface area contributed by atoms with Gasteiger partial charge in [-0.15, -0.1) is 0 Å². The Balaban J connectivity index is 1.70. The van der Waals surface area contributed by atoms with Gasteiger partial charge in [-0.3, -0.25) is 14.4 Å². The number of nitrogen functional groups attached to an aromatic ring is 1. The Morgan fingerprint density at radius 1 is 1.10 bits per heavy atom. The fraction of sp³-hybridized carbons (Fsp3) is 0.0526. The maximum Gasteiger partial charge on any atom is 0.253 e. The lowest BCUT2D eigenvalue weighted by atomic mass is 10.0. The van der Waals surface area contributed by atoms with Crippen LogP contribution in [0, 0.1) is 0 Å². The molecule has 9 N–H and O–H groups in total. The van der Waals surface area contributed by atoms with E-state index in [1.807, 2.05) is 24.3 Å². The molecule has 0 aliphatic rings. The van der Waals surface area contributed by atoms with E-state index in [0.29, 0.717) is 5.56 Å². The van der Waals surface area contributed by atoms with Crippen molar-refractivity contribution in [1.29, 1.82) is 0 Å². The highest BCUT2D eigenvalue weighted by atomic mass is 32.2. The molecular weight excluding hydrogens is 408 g/mol. The van der Waals surface area contributed by atoms with Crippen molar-refractivity contribution in [1.82, 2.24) is 10.4 Å². The number of aromatic amines is 1. The van der Waals surface area contributed by atoms with Crippen LogP contribution >= 0.6 is 11.8 Å². The van der Waals surface area contributed by atoms with Crippen LogP contribution in [0.5, 0.6) is 5.75 Å². The summed E-state index contributed by atoms with van der Waals surface area (Å²) in [5.74, 6) is -2.55. The van der Waals surface area contributed by atoms with Gasteiger partial charge in [-0.2, -0.15) is 5.10 Å². The fourth-order valence-electron chi connectivity index (χ4n) is 2.85. The summed E-state index contributed by atoms with van der Waals surface area (Å²) in [7, 11) is 0. The molecule has 0 atom stereocenters. The molecule has 1 heterocycles. The second-order valence-electron chi connectivity index (χ2n) is 6.15. The number of nitrogens with zero attached hydrogens (tertiary/aromatic N) is 1. The van der Waals surface area contributed by atoms with Crippen molar-refractivity contribution in [3.8, 4) is 5.75 Å². The van der Waals surface area contributed by atoms with Gasteiger partial charge >= 0.3 is 0 Å². The number of nitrogens with one attached hydrogen (secondary N) is 2. The summed E-state index contributed by atoms with van der Waals surface area (Å²) in [4.78, 5) is 37.9. The highest BCUT2D eigenvalue weighted by molar-refractivity contribution is 8.00. The zero-order valence-electron chi connectivity index (χ0n) is 15.5. The summed E-state index contributed by atoms with van der Waals surface area (Å²) < 4.78 is 0.